The smallest absolute Gasteiger partial charge is 0.298 e. The van der Waals surface area contributed by atoms with E-state index in [0.29, 0.717) is 4.88 Å². The van der Waals surface area contributed by atoms with Gasteiger partial charge in [0.1, 0.15) is 11.5 Å². The highest BCUT2D eigenvalue weighted by molar-refractivity contribution is 8.00. The van der Waals surface area contributed by atoms with Crippen LogP contribution in [0.25, 0.3) is 10.6 Å². The van der Waals surface area contributed by atoms with Gasteiger partial charge in [0.2, 0.25) is 0 Å². The van der Waals surface area contributed by atoms with Crippen molar-refractivity contribution in [1.82, 2.24) is 9.97 Å². The van der Waals surface area contributed by atoms with Crippen molar-refractivity contribution in [2.75, 3.05) is 0 Å². The Balaban J connectivity index is 1.74. The number of hydrogen-bond donors (Lipinski definition) is 0. The summed E-state index contributed by atoms with van der Waals surface area (Å²) in [5, 5.41) is 1.41. The number of nitrogens with zero attached hydrogens (tertiary/aromatic N) is 2. The van der Waals surface area contributed by atoms with Gasteiger partial charge in [-0.15, -0.1) is 11.3 Å². The van der Waals surface area contributed by atoms with E-state index >= 15 is 0 Å². The van der Waals surface area contributed by atoms with Crippen LogP contribution in [0.2, 0.25) is 0 Å². The first-order valence-electron chi connectivity index (χ1n) is 8.74. The quantitative estimate of drug-likeness (QED) is 0.606. The lowest BCUT2D eigenvalue weighted by molar-refractivity contribution is -0.141. The van der Waals surface area contributed by atoms with Crippen LogP contribution in [0.3, 0.4) is 0 Å². The van der Waals surface area contributed by atoms with Crippen molar-refractivity contribution in [1.29, 1.82) is 0 Å². The van der Waals surface area contributed by atoms with Gasteiger partial charge in [-0.1, -0.05) is 38.6 Å². The highest BCUT2D eigenvalue weighted by Gasteiger charge is 2.66. The molecule has 2 bridgehead atoms. The SMILES string of the molecule is CC1(C)[C@@H]2CC[C@@]1(C)[C@H](Sc1nc(-c3cccs3)cc(C(F)(F)F)n1)C2=O. The number of hydrogen-bond acceptors (Lipinski definition) is 5. The highest BCUT2D eigenvalue weighted by Crippen LogP contribution is 2.67. The molecule has 27 heavy (non-hydrogen) atoms. The second-order valence-electron chi connectivity index (χ2n) is 8.03. The Morgan fingerprint density at radius 1 is 1.26 bits per heavy atom. The predicted octanol–water partition coefficient (Wildman–Crippen LogP) is 5.71. The largest absolute Gasteiger partial charge is 0.433 e. The van der Waals surface area contributed by atoms with E-state index in [1.807, 2.05) is 0 Å². The van der Waals surface area contributed by atoms with Crippen LogP contribution in [0.4, 0.5) is 13.2 Å². The molecule has 3 atom stereocenters. The normalized spacial score (nSPS) is 29.5. The summed E-state index contributed by atoms with van der Waals surface area (Å²) in [4.78, 5) is 21.7. The summed E-state index contributed by atoms with van der Waals surface area (Å²) in [6.45, 7) is 6.25. The number of alkyl halides is 3. The maximum atomic E-state index is 13.4. The van der Waals surface area contributed by atoms with Gasteiger partial charge in [-0.05, 0) is 41.2 Å². The third-order valence-electron chi connectivity index (χ3n) is 6.47. The Bertz CT molecular complexity index is 895. The fourth-order valence-corrected chi connectivity index (χ4v) is 6.62. The van der Waals surface area contributed by atoms with Crippen molar-refractivity contribution < 1.29 is 18.0 Å². The molecule has 2 aliphatic rings. The van der Waals surface area contributed by atoms with Gasteiger partial charge in [-0.25, -0.2) is 9.97 Å². The molecule has 2 fully saturated rings. The van der Waals surface area contributed by atoms with Crippen molar-refractivity contribution in [3.63, 3.8) is 0 Å². The molecule has 3 nitrogen and oxygen atoms in total. The Labute approximate surface area is 163 Å². The maximum absolute atomic E-state index is 13.4. The molecule has 144 valence electrons. The monoisotopic (exact) mass is 412 g/mol. The van der Waals surface area contributed by atoms with E-state index in [9.17, 15) is 18.0 Å². The van der Waals surface area contributed by atoms with Gasteiger partial charge in [0.15, 0.2) is 5.16 Å². The molecule has 0 spiro atoms. The Kier molecular flexibility index (Phi) is 4.24. The van der Waals surface area contributed by atoms with Crippen LogP contribution in [-0.2, 0) is 11.0 Å². The molecule has 0 unspecified atom stereocenters. The number of carbonyl (C=O) groups is 1. The van der Waals surface area contributed by atoms with E-state index in [0.717, 1.165) is 30.7 Å². The van der Waals surface area contributed by atoms with Crippen LogP contribution < -0.4 is 0 Å². The maximum Gasteiger partial charge on any atom is 0.433 e. The summed E-state index contributed by atoms with van der Waals surface area (Å²) in [6, 6.07) is 4.48. The highest BCUT2D eigenvalue weighted by atomic mass is 32.2. The van der Waals surface area contributed by atoms with E-state index in [1.54, 1.807) is 17.5 Å². The van der Waals surface area contributed by atoms with Gasteiger partial charge in [0.05, 0.1) is 15.8 Å². The summed E-state index contributed by atoms with van der Waals surface area (Å²) < 4.78 is 40.1. The minimum atomic E-state index is -4.56. The van der Waals surface area contributed by atoms with Gasteiger partial charge < -0.3 is 0 Å². The standard InChI is InChI=1S/C19H19F3N2OS2/c1-17(2)10-6-7-18(17,3)15(14(10)25)27-16-23-11(12-5-4-8-26-12)9-13(24-16)19(20,21)22/h4-5,8-10,15H,6-7H2,1-3H3/t10-,15-,18+/m1/s1. The number of thioether (sulfide) groups is 1. The number of fused-ring (bicyclic) bond motifs is 2. The number of rotatable bonds is 3. The van der Waals surface area contributed by atoms with Crippen molar-refractivity contribution >= 4 is 28.9 Å². The van der Waals surface area contributed by atoms with Crippen molar-refractivity contribution in [2.45, 2.75) is 50.2 Å². The zero-order chi connectivity index (χ0) is 19.6. The van der Waals surface area contributed by atoms with Crippen molar-refractivity contribution in [3.8, 4) is 10.6 Å². The predicted molar refractivity (Wildman–Crippen MR) is 99.6 cm³/mol. The second-order valence-corrected chi connectivity index (χ2v) is 10.0. The van der Waals surface area contributed by atoms with Crippen LogP contribution in [-0.4, -0.2) is 21.0 Å². The minimum Gasteiger partial charge on any atom is -0.298 e. The second kappa shape index (κ2) is 6.04. The van der Waals surface area contributed by atoms with Gasteiger partial charge in [-0.2, -0.15) is 13.2 Å². The number of Topliss-reactive ketones (excluding diaryl/α,β-unsaturated/α-hetero) is 1. The van der Waals surface area contributed by atoms with Crippen LogP contribution in [0.1, 0.15) is 39.3 Å². The van der Waals surface area contributed by atoms with Gasteiger partial charge in [-0.3, -0.25) is 4.79 Å². The zero-order valence-corrected chi connectivity index (χ0v) is 16.8. The number of ketones is 1. The topological polar surface area (TPSA) is 42.9 Å². The summed E-state index contributed by atoms with van der Waals surface area (Å²) in [5.74, 6) is 0.0833. The summed E-state index contributed by atoms with van der Waals surface area (Å²) in [6.07, 6.45) is -2.82. The van der Waals surface area contributed by atoms with E-state index < -0.39 is 17.1 Å². The molecule has 2 heterocycles. The molecule has 2 saturated carbocycles. The Morgan fingerprint density at radius 2 is 2.00 bits per heavy atom. The molecule has 2 aromatic heterocycles. The van der Waals surface area contributed by atoms with Crippen molar-refractivity contribution in [3.05, 3.63) is 29.3 Å². The molecule has 4 rings (SSSR count). The van der Waals surface area contributed by atoms with Crippen molar-refractivity contribution in [2.24, 2.45) is 16.7 Å². The van der Waals surface area contributed by atoms with Gasteiger partial charge in [0.25, 0.3) is 0 Å². The number of thiophene rings is 1. The lowest BCUT2D eigenvalue weighted by atomic mass is 9.71. The molecule has 8 heteroatoms. The molecule has 0 radical (unpaired) electrons. The third-order valence-corrected chi connectivity index (χ3v) is 8.74. The van der Waals surface area contributed by atoms with E-state index in [2.05, 4.69) is 30.7 Å². The molecule has 0 aromatic carbocycles. The number of aromatic nitrogens is 2. The molecular weight excluding hydrogens is 393 g/mol. The zero-order valence-electron chi connectivity index (χ0n) is 15.1. The van der Waals surface area contributed by atoms with E-state index in [1.165, 1.54) is 11.3 Å². The molecule has 2 aliphatic carbocycles. The first-order chi connectivity index (χ1) is 12.5. The third kappa shape index (κ3) is 2.83. The van der Waals surface area contributed by atoms with E-state index in [-0.39, 0.29) is 33.4 Å². The number of carbonyl (C=O) groups excluding carboxylic acids is 1. The summed E-state index contributed by atoms with van der Waals surface area (Å²) >= 11 is 2.42. The fraction of sp³-hybridized carbons (Fsp3) is 0.526. The summed E-state index contributed by atoms with van der Waals surface area (Å²) in [5.41, 5.74) is -1.15. The molecule has 2 aromatic rings. The first kappa shape index (κ1) is 18.9. The summed E-state index contributed by atoms with van der Waals surface area (Å²) in [7, 11) is 0. The van der Waals surface area contributed by atoms with E-state index in [4.69, 9.17) is 0 Å². The van der Waals surface area contributed by atoms with Gasteiger partial charge >= 0.3 is 6.18 Å². The molecular formula is C19H19F3N2OS2. The first-order valence-corrected chi connectivity index (χ1v) is 10.5. The molecule has 0 amide bonds. The fourth-order valence-electron chi connectivity index (χ4n) is 4.46. The Hall–Kier alpha value is -1.41. The minimum absolute atomic E-state index is 0.0242. The average Bonchev–Trinajstić information content (AvgIpc) is 3.21. The lowest BCUT2D eigenvalue weighted by Gasteiger charge is -2.37. The molecule has 0 saturated heterocycles. The lowest BCUT2D eigenvalue weighted by Crippen LogP contribution is -2.35. The average molecular weight is 413 g/mol. The molecule has 0 aliphatic heterocycles. The van der Waals surface area contributed by atoms with Crippen LogP contribution in [0.15, 0.2) is 28.7 Å². The van der Waals surface area contributed by atoms with Gasteiger partial charge in [0, 0.05) is 5.92 Å². The van der Waals surface area contributed by atoms with Crippen LogP contribution >= 0.6 is 23.1 Å². The Morgan fingerprint density at radius 3 is 2.56 bits per heavy atom. The van der Waals surface area contributed by atoms with Crippen LogP contribution in [0.5, 0.6) is 0 Å². The van der Waals surface area contributed by atoms with Crippen LogP contribution in [0, 0.1) is 16.7 Å². The number of halogens is 3. The molecule has 0 N–H and O–H groups in total.